The van der Waals surface area contributed by atoms with E-state index in [1.165, 1.54) is 5.46 Å². The number of anilines is 1. The fourth-order valence-corrected chi connectivity index (χ4v) is 3.94. The second-order valence-corrected chi connectivity index (χ2v) is 8.53. The summed E-state index contributed by atoms with van der Waals surface area (Å²) in [6.45, 7) is 8.54. The highest BCUT2D eigenvalue weighted by Gasteiger charge is 2.21. The van der Waals surface area contributed by atoms with E-state index in [1.807, 2.05) is 31.5 Å². The molecule has 1 unspecified atom stereocenters. The van der Waals surface area contributed by atoms with Crippen LogP contribution in [-0.4, -0.2) is 80.7 Å². The minimum atomic E-state index is -0.0692. The molecule has 3 rings (SSSR count). The van der Waals surface area contributed by atoms with Gasteiger partial charge in [-0.3, -0.25) is 14.7 Å². The monoisotopic (exact) mass is 446 g/mol. The van der Waals surface area contributed by atoms with Gasteiger partial charge in [-0.15, -0.1) is 0 Å². The van der Waals surface area contributed by atoms with Gasteiger partial charge in [0.1, 0.15) is 13.7 Å². The van der Waals surface area contributed by atoms with E-state index in [1.54, 1.807) is 11.9 Å². The number of rotatable bonds is 8. The van der Waals surface area contributed by atoms with Crippen molar-refractivity contribution in [3.63, 3.8) is 0 Å². The summed E-state index contributed by atoms with van der Waals surface area (Å²) in [5.41, 5.74) is 9.88. The van der Waals surface area contributed by atoms with Crippen LogP contribution in [0.25, 0.3) is 5.57 Å². The number of nitrogens with zero attached hydrogens (tertiary/aromatic N) is 5. The first-order chi connectivity index (χ1) is 15.9. The molecular formula is C25H35BN6O. The van der Waals surface area contributed by atoms with Crippen LogP contribution in [-0.2, 0) is 11.3 Å². The maximum absolute atomic E-state index is 11.8. The van der Waals surface area contributed by atoms with E-state index in [0.717, 1.165) is 48.7 Å². The van der Waals surface area contributed by atoms with Gasteiger partial charge in [0.05, 0.1) is 12.7 Å². The smallest absolute Gasteiger partial charge is 0.236 e. The minimum absolute atomic E-state index is 0.0244. The molecule has 7 nitrogen and oxygen atoms in total. The molecule has 174 valence electrons. The highest BCUT2D eigenvalue weighted by atomic mass is 16.2. The van der Waals surface area contributed by atoms with Gasteiger partial charge in [-0.25, -0.2) is 4.98 Å². The standard InChI is InChI=1S/C25H35BN6O/c1-4-21(22-7-5-6-20(14-22)18-30(3)25(33)15-27)16-28-19(2)31-10-12-32(13-11-31)24-9-8-23(26)17-29-24/h4-9,14,16-17,19H,10-13,15,18,26-27H2,1-3H3/b21-4+,28-16-. The average Bonchev–Trinajstić information content (AvgIpc) is 2.84. The molecule has 1 amide bonds. The zero-order valence-corrected chi connectivity index (χ0v) is 20.2. The van der Waals surface area contributed by atoms with Crippen molar-refractivity contribution in [1.82, 2.24) is 14.8 Å². The fourth-order valence-electron chi connectivity index (χ4n) is 3.94. The van der Waals surface area contributed by atoms with Crippen LogP contribution >= 0.6 is 0 Å². The van der Waals surface area contributed by atoms with Gasteiger partial charge in [0.15, 0.2) is 0 Å². The lowest BCUT2D eigenvalue weighted by molar-refractivity contribution is -0.128. The normalized spacial score (nSPS) is 16.2. The summed E-state index contributed by atoms with van der Waals surface area (Å²) in [4.78, 5) is 27.6. The summed E-state index contributed by atoms with van der Waals surface area (Å²) in [5, 5.41) is 0. The number of hydrogen-bond donors (Lipinski definition) is 1. The van der Waals surface area contributed by atoms with Gasteiger partial charge in [-0.2, -0.15) is 0 Å². The highest BCUT2D eigenvalue weighted by molar-refractivity contribution is 6.32. The van der Waals surface area contributed by atoms with Crippen molar-refractivity contribution in [2.45, 2.75) is 26.6 Å². The van der Waals surface area contributed by atoms with Crippen LogP contribution in [0.5, 0.6) is 0 Å². The second kappa shape index (κ2) is 11.8. The molecule has 1 atom stereocenters. The number of benzene rings is 1. The number of carbonyl (C=O) groups excluding carboxylic acids is 1. The topological polar surface area (TPSA) is 78.1 Å². The molecule has 2 N–H and O–H groups in total. The summed E-state index contributed by atoms with van der Waals surface area (Å²) in [6.07, 6.45) is 6.07. The minimum Gasteiger partial charge on any atom is -0.354 e. The predicted octanol–water partition coefficient (Wildman–Crippen LogP) is 0.899. The van der Waals surface area contributed by atoms with E-state index >= 15 is 0 Å². The maximum Gasteiger partial charge on any atom is 0.236 e. The number of aliphatic imine (C=N–C) groups is 1. The molecule has 2 aromatic rings. The molecule has 8 heteroatoms. The molecule has 1 aromatic carbocycles. The molecule has 1 aromatic heterocycles. The summed E-state index contributed by atoms with van der Waals surface area (Å²) in [6, 6.07) is 12.4. The lowest BCUT2D eigenvalue weighted by Gasteiger charge is -2.37. The van der Waals surface area contributed by atoms with Crippen molar-refractivity contribution in [2.75, 3.05) is 44.7 Å². The third kappa shape index (κ3) is 6.76. The van der Waals surface area contributed by atoms with Crippen molar-refractivity contribution < 1.29 is 4.79 Å². The summed E-state index contributed by atoms with van der Waals surface area (Å²) in [5.74, 6) is 0.978. The number of amides is 1. The van der Waals surface area contributed by atoms with Crippen LogP contribution in [0.1, 0.15) is 25.0 Å². The largest absolute Gasteiger partial charge is 0.354 e. The lowest BCUT2D eigenvalue weighted by atomic mass is 9.99. The molecule has 1 aliphatic heterocycles. The lowest BCUT2D eigenvalue weighted by Crippen LogP contribution is -2.49. The Morgan fingerprint density at radius 3 is 2.67 bits per heavy atom. The summed E-state index contributed by atoms with van der Waals surface area (Å²) >= 11 is 0. The molecule has 0 radical (unpaired) electrons. The van der Waals surface area contributed by atoms with Crippen LogP contribution < -0.4 is 16.1 Å². The van der Waals surface area contributed by atoms with E-state index in [2.05, 4.69) is 59.9 Å². The van der Waals surface area contributed by atoms with E-state index in [9.17, 15) is 4.79 Å². The van der Waals surface area contributed by atoms with Gasteiger partial charge >= 0.3 is 0 Å². The van der Waals surface area contributed by atoms with Crippen LogP contribution in [0.15, 0.2) is 53.7 Å². The Morgan fingerprint density at radius 2 is 2.03 bits per heavy atom. The van der Waals surface area contributed by atoms with Crippen molar-refractivity contribution in [2.24, 2.45) is 10.7 Å². The van der Waals surface area contributed by atoms with Crippen LogP contribution in [0, 0.1) is 0 Å². The predicted molar refractivity (Wildman–Crippen MR) is 140 cm³/mol. The Kier molecular flexibility index (Phi) is 8.80. The van der Waals surface area contributed by atoms with E-state index in [-0.39, 0.29) is 18.6 Å². The first-order valence-corrected chi connectivity index (χ1v) is 11.6. The second-order valence-electron chi connectivity index (χ2n) is 8.53. The summed E-state index contributed by atoms with van der Waals surface area (Å²) < 4.78 is 0. The molecule has 33 heavy (non-hydrogen) atoms. The van der Waals surface area contributed by atoms with Crippen molar-refractivity contribution in [3.05, 3.63) is 59.8 Å². The Hall–Kier alpha value is -2.97. The van der Waals surface area contributed by atoms with Crippen LogP contribution in [0.2, 0.25) is 0 Å². The van der Waals surface area contributed by atoms with Crippen LogP contribution in [0.4, 0.5) is 5.82 Å². The number of carbonyl (C=O) groups is 1. The molecule has 1 aliphatic rings. The third-order valence-electron chi connectivity index (χ3n) is 6.08. The summed E-state index contributed by atoms with van der Waals surface area (Å²) in [7, 11) is 3.83. The van der Waals surface area contributed by atoms with E-state index < -0.39 is 0 Å². The van der Waals surface area contributed by atoms with Crippen LogP contribution in [0.3, 0.4) is 0 Å². The fraction of sp³-hybridized carbons (Fsp3) is 0.400. The number of pyridine rings is 1. The van der Waals surface area contributed by atoms with Crippen molar-refractivity contribution in [1.29, 1.82) is 0 Å². The first-order valence-electron chi connectivity index (χ1n) is 11.6. The number of piperazine rings is 1. The van der Waals surface area contributed by atoms with E-state index in [4.69, 9.17) is 10.7 Å². The van der Waals surface area contributed by atoms with Gasteiger partial charge < -0.3 is 15.5 Å². The van der Waals surface area contributed by atoms with Crippen molar-refractivity contribution in [3.8, 4) is 0 Å². The molecular weight excluding hydrogens is 411 g/mol. The van der Waals surface area contributed by atoms with Gasteiger partial charge in [-0.05, 0) is 42.7 Å². The number of likely N-dealkylation sites (N-methyl/N-ethyl adjacent to an activating group) is 1. The van der Waals surface area contributed by atoms with Crippen molar-refractivity contribution >= 4 is 36.8 Å². The molecule has 0 aliphatic carbocycles. The number of nitrogens with two attached hydrogens (primary N) is 1. The zero-order valence-electron chi connectivity index (χ0n) is 20.2. The SMILES string of the molecule is Bc1ccc(N2CCN(C(C)/N=C\C(=C/C)c3cccc(CN(C)C(=O)CN)c3)CC2)nc1. The molecule has 2 heterocycles. The molecule has 0 spiro atoms. The first kappa shape index (κ1) is 24.7. The quantitative estimate of drug-likeness (QED) is 0.482. The van der Waals surface area contributed by atoms with Gasteiger partial charge in [0.25, 0.3) is 0 Å². The average molecular weight is 446 g/mol. The highest BCUT2D eigenvalue weighted by Crippen LogP contribution is 2.18. The number of hydrogen-bond acceptors (Lipinski definition) is 6. The Balaban J connectivity index is 1.58. The van der Waals surface area contributed by atoms with Gasteiger partial charge in [0.2, 0.25) is 5.91 Å². The Morgan fingerprint density at radius 1 is 1.27 bits per heavy atom. The maximum atomic E-state index is 11.8. The van der Waals surface area contributed by atoms with Gasteiger partial charge in [0, 0.05) is 52.2 Å². The Bertz CT molecular complexity index is 983. The number of allylic oxidation sites excluding steroid dienone is 2. The van der Waals surface area contributed by atoms with E-state index in [0.29, 0.717) is 6.54 Å². The molecule has 0 bridgehead atoms. The molecule has 1 fully saturated rings. The Labute approximate surface area is 198 Å². The number of aromatic nitrogens is 1. The molecule has 0 saturated carbocycles. The van der Waals surface area contributed by atoms with Gasteiger partial charge in [-0.1, -0.05) is 35.8 Å². The molecule has 1 saturated heterocycles. The zero-order chi connectivity index (χ0) is 23.8. The third-order valence-corrected chi connectivity index (χ3v) is 6.08.